The van der Waals surface area contributed by atoms with Gasteiger partial charge in [-0.05, 0) is 30.7 Å². The van der Waals surface area contributed by atoms with Crippen molar-refractivity contribution < 1.29 is 0 Å². The van der Waals surface area contributed by atoms with Crippen molar-refractivity contribution in [3.05, 3.63) is 63.0 Å². The molecule has 3 aromatic heterocycles. The van der Waals surface area contributed by atoms with Crippen LogP contribution >= 0.6 is 34.7 Å². The third-order valence-electron chi connectivity index (χ3n) is 5.26. The summed E-state index contributed by atoms with van der Waals surface area (Å²) in [6.45, 7) is 3.10. The van der Waals surface area contributed by atoms with Crippen LogP contribution in [0.25, 0.3) is 16.3 Å². The van der Waals surface area contributed by atoms with Gasteiger partial charge in [-0.2, -0.15) is 0 Å². The number of aromatic nitrogens is 5. The second-order valence-corrected chi connectivity index (χ2v) is 9.91. The molecule has 4 rings (SSSR count). The molecule has 0 N–H and O–H groups in total. The summed E-state index contributed by atoms with van der Waals surface area (Å²) in [5, 5.41) is 12.4. The van der Waals surface area contributed by atoms with Crippen LogP contribution in [0.5, 0.6) is 0 Å². The van der Waals surface area contributed by atoms with Crippen LogP contribution < -0.4 is 5.56 Å². The molecule has 0 amide bonds. The summed E-state index contributed by atoms with van der Waals surface area (Å²) < 4.78 is 3.75. The number of unbranched alkanes of at least 4 members (excludes halogenated alkanes) is 5. The summed E-state index contributed by atoms with van der Waals surface area (Å²) in [4.78, 5) is 17.6. The van der Waals surface area contributed by atoms with Crippen molar-refractivity contribution in [2.75, 3.05) is 0 Å². The average Bonchev–Trinajstić information content (AvgIpc) is 3.43. The van der Waals surface area contributed by atoms with E-state index in [0.717, 1.165) is 35.2 Å². The molecular weight excluding hydrogens is 462 g/mol. The lowest BCUT2D eigenvalue weighted by atomic mass is 10.1. The number of hydrogen-bond donors (Lipinski definition) is 0. The van der Waals surface area contributed by atoms with E-state index in [1.54, 1.807) is 28.4 Å². The van der Waals surface area contributed by atoms with Gasteiger partial charge in [-0.25, -0.2) is 4.98 Å². The second-order valence-electron chi connectivity index (χ2n) is 7.66. The van der Waals surface area contributed by atoms with Crippen molar-refractivity contribution in [3.63, 3.8) is 0 Å². The molecule has 0 aliphatic heterocycles. The molecule has 0 aliphatic rings. The lowest BCUT2D eigenvalue weighted by Crippen LogP contribution is -2.12. The molecule has 9 heteroatoms. The van der Waals surface area contributed by atoms with E-state index in [4.69, 9.17) is 11.6 Å². The molecule has 0 saturated carbocycles. The van der Waals surface area contributed by atoms with Crippen LogP contribution in [0.15, 0.2) is 51.9 Å². The minimum atomic E-state index is -0.0535. The summed E-state index contributed by atoms with van der Waals surface area (Å²) in [6.07, 6.45) is 9.11. The van der Waals surface area contributed by atoms with Crippen molar-refractivity contribution in [1.82, 2.24) is 24.1 Å². The summed E-state index contributed by atoms with van der Waals surface area (Å²) >= 11 is 9.10. The molecule has 0 saturated heterocycles. The van der Waals surface area contributed by atoms with Gasteiger partial charge in [0.2, 0.25) is 0 Å². The Bertz CT molecular complexity index is 1220. The van der Waals surface area contributed by atoms with Gasteiger partial charge in [-0.1, -0.05) is 62.4 Å². The molecule has 0 fully saturated rings. The van der Waals surface area contributed by atoms with E-state index < -0.39 is 0 Å². The Kier molecular flexibility index (Phi) is 8.00. The topological polar surface area (TPSA) is 65.1 Å². The zero-order chi connectivity index (χ0) is 22.3. The molecular formula is C23H26ClN5OS2. The van der Waals surface area contributed by atoms with E-state index in [-0.39, 0.29) is 5.56 Å². The summed E-state index contributed by atoms with van der Waals surface area (Å²) in [6, 6.07) is 9.31. The molecule has 3 heterocycles. The SMILES string of the molecule is CCCCCCCCn1c(SCc2cc(=O)n3ccsc3n2)nnc1-c1ccc(Cl)cc1. The number of fused-ring (bicyclic) bond motifs is 1. The molecule has 0 spiro atoms. The highest BCUT2D eigenvalue weighted by Gasteiger charge is 2.15. The van der Waals surface area contributed by atoms with E-state index in [1.165, 1.54) is 43.4 Å². The molecule has 0 aliphatic carbocycles. The highest BCUT2D eigenvalue weighted by atomic mass is 35.5. The summed E-state index contributed by atoms with van der Waals surface area (Å²) in [5.41, 5.74) is 1.70. The molecule has 0 unspecified atom stereocenters. The first-order chi connectivity index (χ1) is 15.7. The van der Waals surface area contributed by atoms with Crippen LogP contribution in [-0.4, -0.2) is 24.1 Å². The Hall–Kier alpha value is -2.16. The number of halogens is 1. The van der Waals surface area contributed by atoms with E-state index in [9.17, 15) is 4.79 Å². The molecule has 32 heavy (non-hydrogen) atoms. The molecule has 168 valence electrons. The maximum absolute atomic E-state index is 12.3. The Morgan fingerprint density at radius 1 is 1.06 bits per heavy atom. The van der Waals surface area contributed by atoms with Gasteiger partial charge in [0.1, 0.15) is 0 Å². The molecule has 0 atom stereocenters. The predicted octanol–water partition coefficient (Wildman–Crippen LogP) is 6.32. The second kappa shape index (κ2) is 11.1. The van der Waals surface area contributed by atoms with Crippen LogP contribution in [0.3, 0.4) is 0 Å². The number of rotatable bonds is 11. The van der Waals surface area contributed by atoms with Gasteiger partial charge in [0.05, 0.1) is 5.69 Å². The number of hydrogen-bond acceptors (Lipinski definition) is 6. The van der Waals surface area contributed by atoms with Crippen LogP contribution in [-0.2, 0) is 12.3 Å². The first-order valence-corrected chi connectivity index (χ1v) is 13.2. The highest BCUT2D eigenvalue weighted by molar-refractivity contribution is 7.98. The Balaban J connectivity index is 1.51. The van der Waals surface area contributed by atoms with Crippen LogP contribution in [0, 0.1) is 0 Å². The van der Waals surface area contributed by atoms with Crippen LogP contribution in [0.4, 0.5) is 0 Å². The standard InChI is InChI=1S/C23H26ClN5OS2/c1-2-3-4-5-6-7-12-29-21(17-8-10-18(24)11-9-17)26-27-23(29)32-16-19-15-20(30)28-13-14-31-22(28)25-19/h8-11,13-15H,2-7,12,16H2,1H3. The Morgan fingerprint density at radius 2 is 1.84 bits per heavy atom. The monoisotopic (exact) mass is 487 g/mol. The van der Waals surface area contributed by atoms with Gasteiger partial charge in [0.15, 0.2) is 15.9 Å². The molecule has 6 nitrogen and oxygen atoms in total. The fraction of sp³-hybridized carbons (Fsp3) is 0.391. The lowest BCUT2D eigenvalue weighted by Gasteiger charge is -2.10. The maximum Gasteiger partial charge on any atom is 0.258 e. The van der Waals surface area contributed by atoms with Gasteiger partial charge < -0.3 is 4.57 Å². The minimum absolute atomic E-state index is 0.0535. The fourth-order valence-electron chi connectivity index (χ4n) is 3.56. The lowest BCUT2D eigenvalue weighted by molar-refractivity contribution is 0.539. The molecule has 0 bridgehead atoms. The zero-order valence-electron chi connectivity index (χ0n) is 18.0. The van der Waals surface area contributed by atoms with E-state index in [1.807, 2.05) is 29.6 Å². The minimum Gasteiger partial charge on any atom is -0.302 e. The zero-order valence-corrected chi connectivity index (χ0v) is 20.4. The van der Waals surface area contributed by atoms with Crippen molar-refractivity contribution in [1.29, 1.82) is 0 Å². The van der Waals surface area contributed by atoms with Crippen molar-refractivity contribution in [3.8, 4) is 11.4 Å². The smallest absolute Gasteiger partial charge is 0.258 e. The molecule has 0 radical (unpaired) electrons. The Labute approximate surface area is 200 Å². The van der Waals surface area contributed by atoms with Crippen LogP contribution in [0.2, 0.25) is 5.02 Å². The average molecular weight is 488 g/mol. The fourth-order valence-corrected chi connectivity index (χ4v) is 5.28. The first-order valence-electron chi connectivity index (χ1n) is 10.9. The third kappa shape index (κ3) is 5.60. The van der Waals surface area contributed by atoms with Gasteiger partial charge >= 0.3 is 0 Å². The van der Waals surface area contributed by atoms with E-state index >= 15 is 0 Å². The van der Waals surface area contributed by atoms with E-state index in [0.29, 0.717) is 15.7 Å². The quantitative estimate of drug-likeness (QED) is 0.183. The van der Waals surface area contributed by atoms with Crippen molar-refractivity contribution in [2.24, 2.45) is 0 Å². The third-order valence-corrected chi connectivity index (χ3v) is 7.27. The highest BCUT2D eigenvalue weighted by Crippen LogP contribution is 2.27. The maximum atomic E-state index is 12.3. The van der Waals surface area contributed by atoms with E-state index in [2.05, 4.69) is 26.7 Å². The first kappa shape index (κ1) is 23.0. The molecule has 4 aromatic rings. The van der Waals surface area contributed by atoms with Gasteiger partial charge in [-0.15, -0.1) is 21.5 Å². The van der Waals surface area contributed by atoms with Gasteiger partial charge in [-0.3, -0.25) is 9.20 Å². The number of benzene rings is 1. The largest absolute Gasteiger partial charge is 0.302 e. The molecule has 1 aromatic carbocycles. The summed E-state index contributed by atoms with van der Waals surface area (Å²) in [7, 11) is 0. The number of thioether (sulfide) groups is 1. The van der Waals surface area contributed by atoms with Gasteiger partial charge in [0.25, 0.3) is 5.56 Å². The predicted molar refractivity (Wildman–Crippen MR) is 133 cm³/mol. The number of thiazole rings is 1. The van der Waals surface area contributed by atoms with Crippen LogP contribution in [0.1, 0.15) is 51.1 Å². The Morgan fingerprint density at radius 3 is 2.66 bits per heavy atom. The summed E-state index contributed by atoms with van der Waals surface area (Å²) in [5.74, 6) is 1.42. The van der Waals surface area contributed by atoms with Crippen molar-refractivity contribution >= 4 is 39.7 Å². The van der Waals surface area contributed by atoms with Crippen molar-refractivity contribution in [2.45, 2.75) is 62.9 Å². The number of nitrogens with zero attached hydrogens (tertiary/aromatic N) is 5. The normalized spacial score (nSPS) is 11.4. The van der Waals surface area contributed by atoms with Gasteiger partial charge in [0, 0.05) is 40.5 Å².